The van der Waals surface area contributed by atoms with E-state index in [-0.39, 0.29) is 18.3 Å². The third-order valence-corrected chi connectivity index (χ3v) is 6.40. The van der Waals surface area contributed by atoms with Crippen LogP contribution in [0.1, 0.15) is 35.2 Å². The summed E-state index contributed by atoms with van der Waals surface area (Å²) in [6.07, 6.45) is 4.06. The van der Waals surface area contributed by atoms with E-state index in [1.165, 1.54) is 11.8 Å². The van der Waals surface area contributed by atoms with Crippen LogP contribution in [-0.4, -0.2) is 53.7 Å². The Morgan fingerprint density at radius 3 is 2.65 bits per heavy atom. The van der Waals surface area contributed by atoms with Crippen LogP contribution in [0.5, 0.6) is 0 Å². The zero-order chi connectivity index (χ0) is 22.2. The first-order valence-electron chi connectivity index (χ1n) is 10.4. The van der Waals surface area contributed by atoms with E-state index >= 15 is 0 Å². The van der Waals surface area contributed by atoms with Gasteiger partial charge < -0.3 is 20.3 Å². The lowest BCUT2D eigenvalue weighted by molar-refractivity contribution is -0.138. The molecule has 0 bridgehead atoms. The molecule has 7 heteroatoms. The van der Waals surface area contributed by atoms with Gasteiger partial charge in [0.15, 0.2) is 5.78 Å². The van der Waals surface area contributed by atoms with Crippen molar-refractivity contribution in [3.63, 3.8) is 0 Å². The molecule has 31 heavy (non-hydrogen) atoms. The summed E-state index contributed by atoms with van der Waals surface area (Å²) in [6, 6.07) is 14.2. The van der Waals surface area contributed by atoms with Crippen molar-refractivity contribution < 1.29 is 24.2 Å². The summed E-state index contributed by atoms with van der Waals surface area (Å²) < 4.78 is 11.6. The molecule has 0 saturated carbocycles. The van der Waals surface area contributed by atoms with Crippen molar-refractivity contribution in [2.75, 3.05) is 19.5 Å². The third kappa shape index (κ3) is 6.17. The van der Waals surface area contributed by atoms with Crippen LogP contribution >= 0.6 is 11.8 Å². The topological polar surface area (TPSA) is 98.9 Å². The summed E-state index contributed by atoms with van der Waals surface area (Å²) in [5.74, 6) is -1.23. The van der Waals surface area contributed by atoms with Crippen LogP contribution in [-0.2, 0) is 20.9 Å². The summed E-state index contributed by atoms with van der Waals surface area (Å²) in [5.41, 5.74) is 8.93. The summed E-state index contributed by atoms with van der Waals surface area (Å²) in [7, 11) is 0. The minimum atomic E-state index is -1.11. The smallest absolute Gasteiger partial charge is 0.320 e. The molecule has 3 N–H and O–H groups in total. The Labute approximate surface area is 187 Å². The second kappa shape index (κ2) is 11.4. The Morgan fingerprint density at radius 1 is 1.23 bits per heavy atom. The zero-order valence-corrected chi connectivity index (χ0v) is 18.5. The maximum atomic E-state index is 13.4. The van der Waals surface area contributed by atoms with E-state index in [2.05, 4.69) is 0 Å². The maximum Gasteiger partial charge on any atom is 0.320 e. The Morgan fingerprint density at radius 2 is 2.00 bits per heavy atom. The molecule has 0 amide bonds. The van der Waals surface area contributed by atoms with Gasteiger partial charge in [0, 0.05) is 12.2 Å². The average Bonchev–Trinajstić information content (AvgIpc) is 3.30. The fraction of sp³-hybridized carbons (Fsp3) is 0.417. The minimum absolute atomic E-state index is 0.0727. The number of thioether (sulfide) groups is 1. The van der Waals surface area contributed by atoms with E-state index in [4.69, 9.17) is 15.2 Å². The average molecular weight is 444 g/mol. The van der Waals surface area contributed by atoms with Gasteiger partial charge in [-0.25, -0.2) is 0 Å². The zero-order valence-electron chi connectivity index (χ0n) is 17.7. The van der Waals surface area contributed by atoms with Gasteiger partial charge in [0.05, 0.1) is 24.6 Å². The molecule has 0 radical (unpaired) electrons. The molecule has 1 heterocycles. The molecule has 1 aliphatic heterocycles. The van der Waals surface area contributed by atoms with Crippen LogP contribution in [0.4, 0.5) is 0 Å². The Bertz CT molecular complexity index is 883. The Kier molecular flexibility index (Phi) is 8.66. The van der Waals surface area contributed by atoms with Gasteiger partial charge in [-0.05, 0) is 42.2 Å². The van der Waals surface area contributed by atoms with Crippen LogP contribution in [0, 0.1) is 0 Å². The monoisotopic (exact) mass is 443 g/mol. The summed E-state index contributed by atoms with van der Waals surface area (Å²) in [5, 5.41) is 8.63. The van der Waals surface area contributed by atoms with Gasteiger partial charge in [0.25, 0.3) is 0 Å². The molecule has 2 aromatic rings. The molecule has 1 aliphatic rings. The normalized spacial score (nSPS) is 17.9. The molecule has 0 aliphatic carbocycles. The second-order valence-electron chi connectivity index (χ2n) is 7.62. The predicted octanol–water partition coefficient (Wildman–Crippen LogP) is 3.77. The van der Waals surface area contributed by atoms with E-state index in [0.717, 1.165) is 36.1 Å². The standard InChI is InChI=1S/C24H29NO5S/c1-31-21(13-20(25)24(27)28)23(26)19-11-5-9-17(14-29-15-18-10-6-12-30-18)22(19)16-7-3-2-4-8-16/h2-5,7-9,11,18,20-21H,6,10,12-15,25H2,1H3,(H,27,28). The van der Waals surface area contributed by atoms with Crippen molar-refractivity contribution in [3.8, 4) is 11.1 Å². The number of nitrogens with two attached hydrogens (primary N) is 1. The fourth-order valence-corrected chi connectivity index (χ4v) is 4.50. The highest BCUT2D eigenvalue weighted by Crippen LogP contribution is 2.32. The first kappa shape index (κ1) is 23.5. The van der Waals surface area contributed by atoms with E-state index in [1.807, 2.05) is 42.5 Å². The van der Waals surface area contributed by atoms with Crippen molar-refractivity contribution in [2.45, 2.75) is 43.3 Å². The Hall–Kier alpha value is -2.19. The molecular weight excluding hydrogens is 414 g/mol. The number of ether oxygens (including phenoxy) is 2. The number of carboxylic acid groups (broad SMARTS) is 1. The maximum absolute atomic E-state index is 13.4. The number of hydrogen-bond acceptors (Lipinski definition) is 6. The molecule has 0 aromatic heterocycles. The van der Waals surface area contributed by atoms with E-state index in [0.29, 0.717) is 18.8 Å². The second-order valence-corrected chi connectivity index (χ2v) is 8.67. The number of benzene rings is 2. The SMILES string of the molecule is CSC(CC(N)C(=O)O)C(=O)c1cccc(COCC2CCCO2)c1-c1ccccc1. The van der Waals surface area contributed by atoms with Gasteiger partial charge in [-0.3, -0.25) is 9.59 Å². The molecule has 1 fully saturated rings. The predicted molar refractivity (Wildman–Crippen MR) is 122 cm³/mol. The molecule has 3 rings (SSSR count). The lowest BCUT2D eigenvalue weighted by atomic mass is 9.90. The summed E-state index contributed by atoms with van der Waals surface area (Å²) in [4.78, 5) is 24.6. The number of rotatable bonds is 11. The lowest BCUT2D eigenvalue weighted by Gasteiger charge is -2.20. The number of carbonyl (C=O) groups is 2. The molecular formula is C24H29NO5S. The number of aliphatic carboxylic acids is 1. The largest absolute Gasteiger partial charge is 0.480 e. The van der Waals surface area contributed by atoms with Crippen LogP contribution in [0.3, 0.4) is 0 Å². The van der Waals surface area contributed by atoms with Crippen molar-refractivity contribution >= 4 is 23.5 Å². The van der Waals surface area contributed by atoms with Crippen molar-refractivity contribution in [1.82, 2.24) is 0 Å². The van der Waals surface area contributed by atoms with Gasteiger partial charge in [-0.2, -0.15) is 11.8 Å². The Balaban J connectivity index is 1.89. The van der Waals surface area contributed by atoms with Gasteiger partial charge >= 0.3 is 5.97 Å². The number of Topliss-reactive ketones (excluding diaryl/α,β-unsaturated/α-hetero) is 1. The minimum Gasteiger partial charge on any atom is -0.480 e. The number of carboxylic acids is 1. The molecule has 6 nitrogen and oxygen atoms in total. The molecule has 2 aromatic carbocycles. The van der Waals surface area contributed by atoms with Gasteiger partial charge in [0.2, 0.25) is 0 Å². The van der Waals surface area contributed by atoms with Gasteiger partial charge in [-0.15, -0.1) is 0 Å². The highest BCUT2D eigenvalue weighted by molar-refractivity contribution is 7.99. The van der Waals surface area contributed by atoms with Gasteiger partial charge in [-0.1, -0.05) is 48.5 Å². The van der Waals surface area contributed by atoms with E-state index < -0.39 is 17.3 Å². The quantitative estimate of drug-likeness (QED) is 0.510. The third-order valence-electron chi connectivity index (χ3n) is 5.43. The summed E-state index contributed by atoms with van der Waals surface area (Å²) in [6.45, 7) is 1.67. The molecule has 1 saturated heterocycles. The number of carbonyl (C=O) groups excluding carboxylic acids is 1. The van der Waals surface area contributed by atoms with Crippen LogP contribution in [0.25, 0.3) is 11.1 Å². The first-order chi connectivity index (χ1) is 15.0. The van der Waals surface area contributed by atoms with Gasteiger partial charge in [0.1, 0.15) is 6.04 Å². The summed E-state index contributed by atoms with van der Waals surface area (Å²) >= 11 is 1.32. The van der Waals surface area contributed by atoms with Crippen LogP contribution < -0.4 is 5.73 Å². The molecule has 3 unspecified atom stereocenters. The van der Waals surface area contributed by atoms with E-state index in [1.54, 1.807) is 12.3 Å². The van der Waals surface area contributed by atoms with Crippen LogP contribution in [0.2, 0.25) is 0 Å². The number of ketones is 1. The molecule has 3 atom stereocenters. The lowest BCUT2D eigenvalue weighted by Crippen LogP contribution is -2.35. The number of hydrogen-bond donors (Lipinski definition) is 2. The fourth-order valence-electron chi connectivity index (χ4n) is 3.76. The molecule has 0 spiro atoms. The molecule has 166 valence electrons. The van der Waals surface area contributed by atoms with E-state index in [9.17, 15) is 14.7 Å². The van der Waals surface area contributed by atoms with Crippen molar-refractivity contribution in [2.24, 2.45) is 5.73 Å². The highest BCUT2D eigenvalue weighted by Gasteiger charge is 2.27. The van der Waals surface area contributed by atoms with Crippen molar-refractivity contribution in [1.29, 1.82) is 0 Å². The first-order valence-corrected chi connectivity index (χ1v) is 11.7. The van der Waals surface area contributed by atoms with Crippen molar-refractivity contribution in [3.05, 3.63) is 59.7 Å². The van der Waals surface area contributed by atoms with Crippen LogP contribution in [0.15, 0.2) is 48.5 Å². The highest BCUT2D eigenvalue weighted by atomic mass is 32.2.